The van der Waals surface area contributed by atoms with E-state index in [1.807, 2.05) is 29.2 Å². The summed E-state index contributed by atoms with van der Waals surface area (Å²) in [5.41, 5.74) is 1.90. The number of thiocarbonyl (C=S) groups is 1. The van der Waals surface area contributed by atoms with E-state index < -0.39 is 0 Å². The normalized spacial score (nSPS) is 15.9. The van der Waals surface area contributed by atoms with Crippen molar-refractivity contribution in [1.82, 2.24) is 5.32 Å². The number of carbonyl (C=O) groups is 1. The highest BCUT2D eigenvalue weighted by Gasteiger charge is 2.21. The molecule has 5 heteroatoms. The molecular weight excluding hydrogens is 282 g/mol. The van der Waals surface area contributed by atoms with Gasteiger partial charge in [0.05, 0.1) is 0 Å². The molecule has 0 spiro atoms. The van der Waals surface area contributed by atoms with Crippen LogP contribution in [0.4, 0.5) is 11.4 Å². The summed E-state index contributed by atoms with van der Waals surface area (Å²) < 4.78 is 0. The van der Waals surface area contributed by atoms with Crippen molar-refractivity contribution in [2.24, 2.45) is 0 Å². The summed E-state index contributed by atoms with van der Waals surface area (Å²) in [5, 5.41) is 7.08. The number of hydrogen-bond acceptors (Lipinski definition) is 2. The molecule has 4 nitrogen and oxygen atoms in total. The maximum atomic E-state index is 11.7. The summed E-state index contributed by atoms with van der Waals surface area (Å²) >= 11 is 5.30. The number of rotatable bonds is 5. The zero-order valence-electron chi connectivity index (χ0n) is 12.7. The molecule has 1 aliphatic rings. The van der Waals surface area contributed by atoms with Crippen LogP contribution in [0.3, 0.4) is 0 Å². The van der Waals surface area contributed by atoms with Gasteiger partial charge in [-0.25, -0.2) is 0 Å². The maximum Gasteiger partial charge on any atom is 0.227 e. The van der Waals surface area contributed by atoms with Crippen LogP contribution in [0, 0.1) is 0 Å². The van der Waals surface area contributed by atoms with Gasteiger partial charge in [-0.15, -0.1) is 0 Å². The third-order valence-corrected chi connectivity index (χ3v) is 3.83. The molecule has 1 heterocycles. The van der Waals surface area contributed by atoms with Crippen LogP contribution >= 0.6 is 12.2 Å². The fourth-order valence-electron chi connectivity index (χ4n) is 2.54. The molecule has 0 bridgehead atoms. The third-order valence-electron chi connectivity index (χ3n) is 3.61. The molecule has 1 aromatic carbocycles. The molecule has 1 fully saturated rings. The fraction of sp³-hybridized carbons (Fsp3) is 0.500. The van der Waals surface area contributed by atoms with Crippen LogP contribution in [0.5, 0.6) is 0 Å². The molecule has 1 saturated heterocycles. The molecule has 1 amide bonds. The maximum absolute atomic E-state index is 11.7. The minimum absolute atomic E-state index is 0.210. The first-order chi connectivity index (χ1) is 10.1. The Kier molecular flexibility index (Phi) is 5.56. The topological polar surface area (TPSA) is 44.4 Å². The van der Waals surface area contributed by atoms with Gasteiger partial charge in [-0.3, -0.25) is 4.79 Å². The first-order valence-electron chi connectivity index (χ1n) is 7.58. The molecule has 21 heavy (non-hydrogen) atoms. The van der Waals surface area contributed by atoms with Crippen LogP contribution < -0.4 is 15.5 Å². The molecule has 0 aliphatic carbocycles. The van der Waals surface area contributed by atoms with E-state index in [0.29, 0.717) is 17.6 Å². The Balaban J connectivity index is 1.90. The number of nitrogens with one attached hydrogen (secondary N) is 2. The molecule has 2 rings (SSSR count). The predicted octanol–water partition coefficient (Wildman–Crippen LogP) is 3.29. The SMILES string of the molecule is CCC[C@H](C)NC(=S)Nc1ccc(N2CCCC2=O)cc1. The van der Waals surface area contributed by atoms with Crippen molar-refractivity contribution in [1.29, 1.82) is 0 Å². The highest BCUT2D eigenvalue weighted by Crippen LogP contribution is 2.22. The third kappa shape index (κ3) is 4.43. The van der Waals surface area contributed by atoms with E-state index in [9.17, 15) is 4.79 Å². The number of nitrogens with zero attached hydrogens (tertiary/aromatic N) is 1. The first-order valence-corrected chi connectivity index (χ1v) is 7.99. The number of hydrogen-bond donors (Lipinski definition) is 2. The number of benzene rings is 1. The van der Waals surface area contributed by atoms with E-state index in [4.69, 9.17) is 12.2 Å². The molecular formula is C16H23N3OS. The van der Waals surface area contributed by atoms with Crippen LogP contribution in [-0.4, -0.2) is 23.6 Å². The smallest absolute Gasteiger partial charge is 0.227 e. The van der Waals surface area contributed by atoms with Crippen LogP contribution in [0.25, 0.3) is 0 Å². The Morgan fingerprint density at radius 2 is 2.10 bits per heavy atom. The lowest BCUT2D eigenvalue weighted by Crippen LogP contribution is -2.35. The van der Waals surface area contributed by atoms with Crippen LogP contribution in [-0.2, 0) is 4.79 Å². The monoisotopic (exact) mass is 305 g/mol. The Hall–Kier alpha value is -1.62. The lowest BCUT2D eigenvalue weighted by atomic mass is 10.2. The fourth-order valence-corrected chi connectivity index (χ4v) is 2.86. The van der Waals surface area contributed by atoms with Gasteiger partial charge >= 0.3 is 0 Å². The second-order valence-electron chi connectivity index (χ2n) is 5.48. The van der Waals surface area contributed by atoms with Crippen molar-refractivity contribution in [3.63, 3.8) is 0 Å². The van der Waals surface area contributed by atoms with E-state index in [-0.39, 0.29) is 5.91 Å². The van der Waals surface area contributed by atoms with E-state index in [0.717, 1.165) is 37.2 Å². The highest BCUT2D eigenvalue weighted by molar-refractivity contribution is 7.80. The van der Waals surface area contributed by atoms with Crippen molar-refractivity contribution in [3.8, 4) is 0 Å². The van der Waals surface area contributed by atoms with Crippen LogP contribution in [0.2, 0.25) is 0 Å². The predicted molar refractivity (Wildman–Crippen MR) is 91.8 cm³/mol. The molecule has 1 aromatic rings. The van der Waals surface area contributed by atoms with Crippen molar-refractivity contribution < 1.29 is 4.79 Å². The second kappa shape index (κ2) is 7.41. The molecule has 2 N–H and O–H groups in total. The minimum atomic E-state index is 0.210. The van der Waals surface area contributed by atoms with Gasteiger partial charge in [0.2, 0.25) is 5.91 Å². The zero-order chi connectivity index (χ0) is 15.2. The summed E-state index contributed by atoms with van der Waals surface area (Å²) in [4.78, 5) is 13.5. The minimum Gasteiger partial charge on any atom is -0.360 e. The van der Waals surface area contributed by atoms with E-state index in [2.05, 4.69) is 24.5 Å². The lowest BCUT2D eigenvalue weighted by molar-refractivity contribution is -0.117. The summed E-state index contributed by atoms with van der Waals surface area (Å²) in [6.45, 7) is 5.10. The molecule has 1 atom stereocenters. The first kappa shape index (κ1) is 15.8. The number of carbonyl (C=O) groups excluding carboxylic acids is 1. The second-order valence-corrected chi connectivity index (χ2v) is 5.89. The molecule has 0 unspecified atom stereocenters. The Morgan fingerprint density at radius 1 is 1.38 bits per heavy atom. The molecule has 0 saturated carbocycles. The number of anilines is 2. The molecule has 0 aromatic heterocycles. The van der Waals surface area contributed by atoms with Gasteiger partial charge in [-0.1, -0.05) is 13.3 Å². The van der Waals surface area contributed by atoms with Gasteiger partial charge in [0, 0.05) is 30.4 Å². The van der Waals surface area contributed by atoms with Crippen molar-refractivity contribution in [2.75, 3.05) is 16.8 Å². The van der Waals surface area contributed by atoms with Crippen LogP contribution in [0.1, 0.15) is 39.5 Å². The largest absolute Gasteiger partial charge is 0.360 e. The van der Waals surface area contributed by atoms with Gasteiger partial charge in [0.25, 0.3) is 0 Å². The van der Waals surface area contributed by atoms with E-state index in [1.165, 1.54) is 0 Å². The van der Waals surface area contributed by atoms with Crippen molar-refractivity contribution in [2.45, 2.75) is 45.6 Å². The number of amides is 1. The van der Waals surface area contributed by atoms with E-state index in [1.54, 1.807) is 0 Å². The summed E-state index contributed by atoms with van der Waals surface area (Å²) in [7, 11) is 0. The highest BCUT2D eigenvalue weighted by atomic mass is 32.1. The molecule has 0 radical (unpaired) electrons. The van der Waals surface area contributed by atoms with Crippen molar-refractivity contribution in [3.05, 3.63) is 24.3 Å². The summed E-state index contributed by atoms with van der Waals surface area (Å²) in [6, 6.07) is 8.21. The summed E-state index contributed by atoms with van der Waals surface area (Å²) in [6.07, 6.45) is 3.83. The Labute approximate surface area is 131 Å². The average molecular weight is 305 g/mol. The Bertz CT molecular complexity index is 501. The standard InChI is InChI=1S/C16H23N3OS/c1-3-5-12(2)17-16(21)18-13-7-9-14(10-8-13)19-11-4-6-15(19)20/h7-10,12H,3-6,11H2,1-2H3,(H2,17,18,21)/t12-/m0/s1. The summed E-state index contributed by atoms with van der Waals surface area (Å²) in [5.74, 6) is 0.210. The molecule has 1 aliphatic heterocycles. The molecule has 114 valence electrons. The van der Waals surface area contributed by atoms with Gasteiger partial charge in [-0.05, 0) is 56.2 Å². The van der Waals surface area contributed by atoms with E-state index >= 15 is 0 Å². The quantitative estimate of drug-likeness (QED) is 0.819. The van der Waals surface area contributed by atoms with Gasteiger partial charge < -0.3 is 15.5 Å². The van der Waals surface area contributed by atoms with Gasteiger partial charge in [0.1, 0.15) is 0 Å². The zero-order valence-corrected chi connectivity index (χ0v) is 13.5. The lowest BCUT2D eigenvalue weighted by Gasteiger charge is -2.18. The van der Waals surface area contributed by atoms with Crippen LogP contribution in [0.15, 0.2) is 24.3 Å². The van der Waals surface area contributed by atoms with Gasteiger partial charge in [0.15, 0.2) is 5.11 Å². The van der Waals surface area contributed by atoms with Crippen molar-refractivity contribution >= 4 is 34.6 Å². The Morgan fingerprint density at radius 3 is 2.67 bits per heavy atom. The average Bonchev–Trinajstić information content (AvgIpc) is 2.86. The van der Waals surface area contributed by atoms with Gasteiger partial charge in [-0.2, -0.15) is 0 Å².